The Morgan fingerprint density at radius 3 is 2.50 bits per heavy atom. The molecule has 2 rings (SSSR count). The van der Waals surface area contributed by atoms with Crippen LogP contribution in [0.15, 0.2) is 24.3 Å². The molecule has 0 saturated heterocycles. The van der Waals surface area contributed by atoms with Gasteiger partial charge in [0.05, 0.1) is 5.56 Å². The van der Waals surface area contributed by atoms with Crippen LogP contribution in [0.4, 0.5) is 0 Å². The smallest absolute Gasteiger partial charge is 0.336 e. The van der Waals surface area contributed by atoms with Crippen molar-refractivity contribution >= 4 is 18.4 Å². The molecule has 0 fully saturated rings. The Balaban J connectivity index is 0.00000242. The molecule has 1 unspecified atom stereocenters. The predicted octanol–water partition coefficient (Wildman–Crippen LogP) is 3.41. The molecule has 0 spiro atoms. The average Bonchev–Trinajstić information content (AvgIpc) is 2.64. The normalized spacial score (nSPS) is 11.9. The number of hydrogen-bond donors (Lipinski definition) is 2. The second-order valence-corrected chi connectivity index (χ2v) is 5.67. The molecule has 120 valence electrons. The van der Waals surface area contributed by atoms with Gasteiger partial charge < -0.3 is 15.4 Å². The summed E-state index contributed by atoms with van der Waals surface area (Å²) in [6.07, 6.45) is 0.817. The van der Waals surface area contributed by atoms with Gasteiger partial charge in [0.1, 0.15) is 0 Å². The van der Waals surface area contributed by atoms with Crippen LogP contribution >= 0.6 is 12.4 Å². The summed E-state index contributed by atoms with van der Waals surface area (Å²) < 4.78 is 2.11. The molecule has 3 N–H and O–H groups in total. The van der Waals surface area contributed by atoms with E-state index in [-0.39, 0.29) is 18.4 Å². The van der Waals surface area contributed by atoms with Crippen molar-refractivity contribution in [2.75, 3.05) is 0 Å². The van der Waals surface area contributed by atoms with Crippen molar-refractivity contribution in [2.24, 2.45) is 5.73 Å². The van der Waals surface area contributed by atoms with Gasteiger partial charge in [0, 0.05) is 23.1 Å². The summed E-state index contributed by atoms with van der Waals surface area (Å²) in [5.41, 5.74) is 11.4. The highest BCUT2D eigenvalue weighted by Crippen LogP contribution is 2.25. The van der Waals surface area contributed by atoms with Gasteiger partial charge in [-0.25, -0.2) is 4.79 Å². The van der Waals surface area contributed by atoms with Crippen molar-refractivity contribution < 1.29 is 9.90 Å². The Kier molecular flexibility index (Phi) is 5.80. The fourth-order valence-corrected chi connectivity index (χ4v) is 2.85. The van der Waals surface area contributed by atoms with Crippen LogP contribution in [0.25, 0.3) is 5.69 Å². The molecule has 0 aliphatic heterocycles. The van der Waals surface area contributed by atoms with Gasteiger partial charge in [-0.05, 0) is 63.4 Å². The number of aromatic nitrogens is 1. The van der Waals surface area contributed by atoms with Crippen LogP contribution in [0.3, 0.4) is 0 Å². The molecule has 5 heteroatoms. The van der Waals surface area contributed by atoms with E-state index in [0.717, 1.165) is 29.1 Å². The number of nitrogens with zero attached hydrogens (tertiary/aromatic N) is 1. The van der Waals surface area contributed by atoms with Gasteiger partial charge in [0.25, 0.3) is 0 Å². The zero-order valence-electron chi connectivity index (χ0n) is 13.4. The molecule has 1 atom stereocenters. The fourth-order valence-electron chi connectivity index (χ4n) is 2.85. The van der Waals surface area contributed by atoms with E-state index in [4.69, 9.17) is 5.73 Å². The van der Waals surface area contributed by atoms with Crippen LogP contribution in [-0.2, 0) is 6.42 Å². The summed E-state index contributed by atoms with van der Waals surface area (Å²) in [4.78, 5) is 11.3. The van der Waals surface area contributed by atoms with E-state index in [0.29, 0.717) is 5.56 Å². The Bertz CT molecular complexity index is 690. The summed E-state index contributed by atoms with van der Waals surface area (Å²) in [6, 6.07) is 7.61. The molecule has 0 aliphatic rings. The van der Waals surface area contributed by atoms with Gasteiger partial charge in [0.2, 0.25) is 0 Å². The second-order valence-electron chi connectivity index (χ2n) is 5.67. The molecular weight excluding hydrogens is 300 g/mol. The number of hydrogen-bond acceptors (Lipinski definition) is 2. The lowest BCUT2D eigenvalue weighted by Crippen LogP contribution is -2.18. The van der Waals surface area contributed by atoms with Gasteiger partial charge in [-0.15, -0.1) is 12.4 Å². The first-order valence-corrected chi connectivity index (χ1v) is 7.09. The number of rotatable bonds is 4. The molecule has 4 nitrogen and oxygen atoms in total. The van der Waals surface area contributed by atoms with Gasteiger partial charge in [-0.1, -0.05) is 6.07 Å². The molecule has 22 heavy (non-hydrogen) atoms. The number of halogens is 1. The van der Waals surface area contributed by atoms with Crippen molar-refractivity contribution in [3.05, 3.63) is 52.3 Å². The van der Waals surface area contributed by atoms with Crippen molar-refractivity contribution in [2.45, 2.75) is 40.2 Å². The maximum Gasteiger partial charge on any atom is 0.336 e. The lowest BCUT2D eigenvalue weighted by Gasteiger charge is -2.15. The van der Waals surface area contributed by atoms with E-state index in [1.54, 1.807) is 12.1 Å². The van der Waals surface area contributed by atoms with Crippen molar-refractivity contribution in [1.82, 2.24) is 4.57 Å². The number of carbonyl (C=O) groups is 1. The Morgan fingerprint density at radius 2 is 1.95 bits per heavy atom. The minimum Gasteiger partial charge on any atom is -0.478 e. The fraction of sp³-hybridized carbons (Fsp3) is 0.353. The van der Waals surface area contributed by atoms with Crippen LogP contribution in [0.2, 0.25) is 0 Å². The number of benzene rings is 1. The Hall–Kier alpha value is -1.78. The van der Waals surface area contributed by atoms with E-state index in [1.807, 2.05) is 26.8 Å². The monoisotopic (exact) mass is 322 g/mol. The van der Waals surface area contributed by atoms with Gasteiger partial charge >= 0.3 is 5.97 Å². The minimum absolute atomic E-state index is 0. The van der Waals surface area contributed by atoms with Crippen molar-refractivity contribution in [1.29, 1.82) is 0 Å². The third-order valence-corrected chi connectivity index (χ3v) is 3.85. The Morgan fingerprint density at radius 1 is 1.32 bits per heavy atom. The number of nitrogens with two attached hydrogens (primary N) is 1. The SMILES string of the molecule is Cc1c(C(=O)O)cccc1-n1c(C)cc(CC(C)N)c1C.Cl. The van der Waals surface area contributed by atoms with Crippen LogP contribution < -0.4 is 5.73 Å². The molecule has 0 aliphatic carbocycles. The van der Waals surface area contributed by atoms with Crippen LogP contribution in [0.1, 0.15) is 39.8 Å². The van der Waals surface area contributed by atoms with E-state index < -0.39 is 5.97 Å². The number of carboxylic acid groups (broad SMARTS) is 1. The van der Waals surface area contributed by atoms with E-state index in [1.165, 1.54) is 5.56 Å². The lowest BCUT2D eigenvalue weighted by molar-refractivity contribution is 0.0696. The highest BCUT2D eigenvalue weighted by Gasteiger charge is 2.16. The van der Waals surface area contributed by atoms with Gasteiger partial charge in [0.15, 0.2) is 0 Å². The highest BCUT2D eigenvalue weighted by atomic mass is 35.5. The molecule has 0 bridgehead atoms. The first-order chi connectivity index (χ1) is 9.82. The average molecular weight is 323 g/mol. The molecular formula is C17H23ClN2O2. The van der Waals surface area contributed by atoms with E-state index in [9.17, 15) is 9.90 Å². The van der Waals surface area contributed by atoms with Crippen molar-refractivity contribution in [3.63, 3.8) is 0 Å². The molecule has 0 amide bonds. The summed E-state index contributed by atoms with van der Waals surface area (Å²) >= 11 is 0. The number of carboxylic acids is 1. The molecule has 0 radical (unpaired) electrons. The summed E-state index contributed by atoms with van der Waals surface area (Å²) in [7, 11) is 0. The van der Waals surface area contributed by atoms with E-state index >= 15 is 0 Å². The standard InChI is InChI=1S/C17H22N2O2.ClH/c1-10(18)8-14-9-11(2)19(13(14)4)16-7-5-6-15(12(16)3)17(20)21;/h5-7,9-10H,8,18H2,1-4H3,(H,20,21);1H. The predicted molar refractivity (Wildman–Crippen MR) is 91.5 cm³/mol. The molecule has 1 heterocycles. The summed E-state index contributed by atoms with van der Waals surface area (Å²) in [5, 5.41) is 9.27. The van der Waals surface area contributed by atoms with E-state index in [2.05, 4.69) is 17.6 Å². The number of aromatic carboxylic acids is 1. The Labute approximate surface area is 137 Å². The second kappa shape index (κ2) is 6.99. The summed E-state index contributed by atoms with van der Waals surface area (Å²) in [6.45, 7) is 7.92. The third-order valence-electron chi connectivity index (χ3n) is 3.85. The minimum atomic E-state index is -0.896. The maximum atomic E-state index is 11.3. The molecule has 1 aromatic heterocycles. The quantitative estimate of drug-likeness (QED) is 0.906. The van der Waals surface area contributed by atoms with Crippen LogP contribution in [0, 0.1) is 20.8 Å². The van der Waals surface area contributed by atoms with Gasteiger partial charge in [-0.3, -0.25) is 0 Å². The number of aryl methyl sites for hydroxylation is 1. The highest BCUT2D eigenvalue weighted by molar-refractivity contribution is 5.90. The largest absolute Gasteiger partial charge is 0.478 e. The third kappa shape index (κ3) is 3.34. The van der Waals surface area contributed by atoms with Crippen molar-refractivity contribution in [3.8, 4) is 5.69 Å². The first-order valence-electron chi connectivity index (χ1n) is 7.09. The molecule has 1 aromatic carbocycles. The molecule has 0 saturated carbocycles. The molecule has 2 aromatic rings. The topological polar surface area (TPSA) is 68.2 Å². The van der Waals surface area contributed by atoms with Gasteiger partial charge in [-0.2, -0.15) is 0 Å². The summed E-state index contributed by atoms with van der Waals surface area (Å²) in [5.74, 6) is -0.896. The zero-order valence-corrected chi connectivity index (χ0v) is 14.2. The van der Waals surface area contributed by atoms with Crippen LogP contribution in [-0.4, -0.2) is 21.7 Å². The van der Waals surface area contributed by atoms with Crippen LogP contribution in [0.5, 0.6) is 0 Å². The zero-order chi connectivity index (χ0) is 15.7. The first kappa shape index (κ1) is 18.3. The lowest BCUT2D eigenvalue weighted by atomic mass is 10.1. The maximum absolute atomic E-state index is 11.3.